The van der Waals surface area contributed by atoms with Crippen LogP contribution in [0.2, 0.25) is 0 Å². The molecule has 4 N–H and O–H groups in total. The predicted molar refractivity (Wildman–Crippen MR) is 73.9 cm³/mol. The van der Waals surface area contributed by atoms with Gasteiger partial charge in [0, 0.05) is 18.4 Å². The van der Waals surface area contributed by atoms with Gasteiger partial charge in [-0.15, -0.1) is 0 Å². The second-order valence-electron chi connectivity index (χ2n) is 4.59. The number of nitrogen functional groups attached to an aromatic ring is 1. The third-order valence-electron chi connectivity index (χ3n) is 2.83. The smallest absolute Gasteiger partial charge is 0.255 e. The maximum absolute atomic E-state index is 11.9. The molecule has 0 aliphatic heterocycles. The van der Waals surface area contributed by atoms with E-state index in [1.54, 1.807) is 6.92 Å². The van der Waals surface area contributed by atoms with Crippen molar-refractivity contribution in [3.05, 3.63) is 57.5 Å². The highest BCUT2D eigenvalue weighted by atomic mass is 16.3. The molecular weight excluding hydrogens is 242 g/mol. The largest absolute Gasteiger partial charge is 0.393 e. The Bertz CT molecular complexity index is 606. The molecular formula is C14H17N3O2. The first-order chi connectivity index (χ1) is 9.06. The molecule has 5 nitrogen and oxygen atoms in total. The van der Waals surface area contributed by atoms with Crippen molar-refractivity contribution in [2.45, 2.75) is 25.9 Å². The van der Waals surface area contributed by atoms with Gasteiger partial charge in [0.1, 0.15) is 0 Å². The number of rotatable bonds is 4. The Morgan fingerprint density at radius 2 is 2.05 bits per heavy atom. The third kappa shape index (κ3) is 3.42. The van der Waals surface area contributed by atoms with Crippen LogP contribution < -0.4 is 11.3 Å². The van der Waals surface area contributed by atoms with Gasteiger partial charge in [-0.3, -0.25) is 9.78 Å². The van der Waals surface area contributed by atoms with Crippen molar-refractivity contribution >= 4 is 5.95 Å². The number of hydrogen-bond acceptors (Lipinski definition) is 4. The average Bonchev–Trinajstić information content (AvgIpc) is 2.34. The van der Waals surface area contributed by atoms with Crippen LogP contribution in [-0.2, 0) is 12.8 Å². The number of aromatic nitrogens is 2. The van der Waals surface area contributed by atoms with Crippen LogP contribution in [0, 0.1) is 0 Å². The summed E-state index contributed by atoms with van der Waals surface area (Å²) in [6.45, 7) is 1.64. The number of aliphatic hydroxyl groups excluding tert-OH is 1. The van der Waals surface area contributed by atoms with E-state index in [2.05, 4.69) is 9.97 Å². The van der Waals surface area contributed by atoms with Crippen LogP contribution in [0.1, 0.15) is 23.7 Å². The van der Waals surface area contributed by atoms with Crippen LogP contribution in [-0.4, -0.2) is 21.2 Å². The summed E-state index contributed by atoms with van der Waals surface area (Å²) in [6, 6.07) is 9.72. The topological polar surface area (TPSA) is 92.0 Å². The first-order valence-corrected chi connectivity index (χ1v) is 6.16. The third-order valence-corrected chi connectivity index (χ3v) is 2.83. The van der Waals surface area contributed by atoms with Crippen LogP contribution >= 0.6 is 0 Å². The summed E-state index contributed by atoms with van der Waals surface area (Å²) in [4.78, 5) is 18.6. The number of nitrogens with one attached hydrogen (secondary N) is 1. The van der Waals surface area contributed by atoms with Gasteiger partial charge in [-0.1, -0.05) is 30.3 Å². The molecule has 0 saturated carbocycles. The fourth-order valence-corrected chi connectivity index (χ4v) is 2.00. The predicted octanol–water partition coefficient (Wildman–Crippen LogP) is 0.866. The van der Waals surface area contributed by atoms with E-state index in [0.717, 1.165) is 5.56 Å². The molecule has 2 rings (SSSR count). The van der Waals surface area contributed by atoms with Crippen molar-refractivity contribution in [2.75, 3.05) is 5.73 Å². The first kappa shape index (κ1) is 13.3. The molecule has 5 heteroatoms. The van der Waals surface area contributed by atoms with Crippen molar-refractivity contribution in [3.63, 3.8) is 0 Å². The molecule has 0 amide bonds. The number of nitrogens with two attached hydrogens (primary N) is 1. The summed E-state index contributed by atoms with van der Waals surface area (Å²) in [5, 5.41) is 9.48. The highest BCUT2D eigenvalue weighted by Gasteiger charge is 2.13. The Balaban J connectivity index is 2.40. The molecule has 0 fully saturated rings. The van der Waals surface area contributed by atoms with E-state index >= 15 is 0 Å². The quantitative estimate of drug-likeness (QED) is 0.759. The summed E-state index contributed by atoms with van der Waals surface area (Å²) >= 11 is 0. The van der Waals surface area contributed by atoms with E-state index in [9.17, 15) is 9.90 Å². The van der Waals surface area contributed by atoms with Crippen LogP contribution in [0.5, 0.6) is 0 Å². The molecule has 19 heavy (non-hydrogen) atoms. The summed E-state index contributed by atoms with van der Waals surface area (Å²) in [5.41, 5.74) is 7.47. The summed E-state index contributed by atoms with van der Waals surface area (Å²) in [7, 11) is 0. The second-order valence-corrected chi connectivity index (χ2v) is 4.59. The lowest BCUT2D eigenvalue weighted by molar-refractivity contribution is 0.194. The molecule has 0 spiro atoms. The Kier molecular flexibility index (Phi) is 3.97. The number of hydrogen-bond donors (Lipinski definition) is 3. The highest BCUT2D eigenvalue weighted by Crippen LogP contribution is 2.11. The maximum atomic E-state index is 11.9. The molecule has 0 bridgehead atoms. The van der Waals surface area contributed by atoms with Crippen molar-refractivity contribution in [1.29, 1.82) is 0 Å². The van der Waals surface area contributed by atoms with Gasteiger partial charge >= 0.3 is 0 Å². The Morgan fingerprint density at radius 1 is 1.37 bits per heavy atom. The molecule has 0 aliphatic rings. The van der Waals surface area contributed by atoms with E-state index in [1.807, 2.05) is 30.3 Å². The van der Waals surface area contributed by atoms with E-state index < -0.39 is 6.10 Å². The van der Waals surface area contributed by atoms with E-state index in [-0.39, 0.29) is 17.9 Å². The lowest BCUT2D eigenvalue weighted by atomic mass is 10.0. The summed E-state index contributed by atoms with van der Waals surface area (Å²) in [5.74, 6) is 0.102. The van der Waals surface area contributed by atoms with Gasteiger partial charge in [0.05, 0.1) is 11.8 Å². The molecule has 0 saturated heterocycles. The zero-order valence-electron chi connectivity index (χ0n) is 10.8. The molecule has 0 radical (unpaired) electrons. The number of aliphatic hydroxyl groups is 1. The van der Waals surface area contributed by atoms with E-state index in [4.69, 9.17) is 5.73 Å². The fourth-order valence-electron chi connectivity index (χ4n) is 2.00. The van der Waals surface area contributed by atoms with Crippen molar-refractivity contribution < 1.29 is 5.11 Å². The molecule has 0 aliphatic carbocycles. The molecule has 100 valence electrons. The normalized spacial score (nSPS) is 12.3. The highest BCUT2D eigenvalue weighted by molar-refractivity contribution is 5.31. The minimum absolute atomic E-state index is 0.102. The molecule has 1 atom stereocenters. The van der Waals surface area contributed by atoms with E-state index in [1.165, 1.54) is 0 Å². The van der Waals surface area contributed by atoms with Gasteiger partial charge in [-0.25, -0.2) is 4.98 Å². The van der Waals surface area contributed by atoms with Gasteiger partial charge in [0.25, 0.3) is 5.56 Å². The summed E-state index contributed by atoms with van der Waals surface area (Å²) in [6.07, 6.45) is 0.197. The van der Waals surface area contributed by atoms with E-state index in [0.29, 0.717) is 17.7 Å². The standard InChI is InChI=1S/C14H17N3O2/c1-9(18)7-11-12(16-14(15)17-13(11)19)8-10-5-3-2-4-6-10/h2-6,9,18H,7-8H2,1H3,(H3,15,16,17,19). The Hall–Kier alpha value is -2.14. The minimum Gasteiger partial charge on any atom is -0.393 e. The zero-order valence-corrected chi connectivity index (χ0v) is 10.8. The van der Waals surface area contributed by atoms with Gasteiger partial charge in [0.15, 0.2) is 0 Å². The Labute approximate surface area is 111 Å². The van der Waals surface area contributed by atoms with Gasteiger partial charge < -0.3 is 10.8 Å². The SMILES string of the molecule is CC(O)Cc1c(Cc2ccccc2)nc(N)[nH]c1=O. The number of nitrogens with zero attached hydrogens (tertiary/aromatic N) is 1. The van der Waals surface area contributed by atoms with Crippen molar-refractivity contribution in [2.24, 2.45) is 0 Å². The monoisotopic (exact) mass is 259 g/mol. The molecule has 1 unspecified atom stereocenters. The minimum atomic E-state index is -0.596. The fraction of sp³-hybridized carbons (Fsp3) is 0.286. The number of H-pyrrole nitrogens is 1. The first-order valence-electron chi connectivity index (χ1n) is 6.16. The van der Waals surface area contributed by atoms with Crippen LogP contribution in [0.25, 0.3) is 0 Å². The van der Waals surface area contributed by atoms with Crippen LogP contribution in [0.3, 0.4) is 0 Å². The maximum Gasteiger partial charge on any atom is 0.255 e. The average molecular weight is 259 g/mol. The number of anilines is 1. The van der Waals surface area contributed by atoms with Gasteiger partial charge in [-0.05, 0) is 12.5 Å². The lowest BCUT2D eigenvalue weighted by Crippen LogP contribution is -2.23. The van der Waals surface area contributed by atoms with Crippen LogP contribution in [0.15, 0.2) is 35.1 Å². The van der Waals surface area contributed by atoms with Crippen molar-refractivity contribution in [1.82, 2.24) is 9.97 Å². The van der Waals surface area contributed by atoms with Gasteiger partial charge in [-0.2, -0.15) is 0 Å². The molecule has 1 heterocycles. The Morgan fingerprint density at radius 3 is 2.68 bits per heavy atom. The lowest BCUT2D eigenvalue weighted by Gasteiger charge is -2.10. The summed E-state index contributed by atoms with van der Waals surface area (Å²) < 4.78 is 0. The molecule has 2 aromatic rings. The van der Waals surface area contributed by atoms with Crippen molar-refractivity contribution in [3.8, 4) is 0 Å². The number of benzene rings is 1. The number of aromatic amines is 1. The second kappa shape index (κ2) is 5.67. The van der Waals surface area contributed by atoms with Gasteiger partial charge in [0.2, 0.25) is 5.95 Å². The zero-order chi connectivity index (χ0) is 13.8. The molecule has 1 aromatic carbocycles. The molecule has 1 aromatic heterocycles. The van der Waals surface area contributed by atoms with Crippen LogP contribution in [0.4, 0.5) is 5.95 Å².